The third kappa shape index (κ3) is 3.26. The van der Waals surface area contributed by atoms with Crippen molar-refractivity contribution in [3.63, 3.8) is 0 Å². The van der Waals surface area contributed by atoms with E-state index < -0.39 is 5.92 Å². The molecule has 28 heavy (non-hydrogen) atoms. The Morgan fingerprint density at radius 1 is 1.18 bits per heavy atom. The third-order valence-corrected chi connectivity index (χ3v) is 4.97. The Balaban J connectivity index is 1.52. The second-order valence-electron chi connectivity index (χ2n) is 6.84. The summed E-state index contributed by atoms with van der Waals surface area (Å²) in [5.41, 5.74) is 2.48. The molecule has 2 aromatic carbocycles. The quantitative estimate of drug-likeness (QED) is 0.700. The van der Waals surface area contributed by atoms with Crippen LogP contribution >= 0.6 is 0 Å². The molecule has 0 fully saturated rings. The number of hydrogen-bond acceptors (Lipinski definition) is 5. The maximum atomic E-state index is 13.1. The van der Waals surface area contributed by atoms with Crippen molar-refractivity contribution in [3.05, 3.63) is 66.1 Å². The Morgan fingerprint density at radius 2 is 1.89 bits per heavy atom. The summed E-state index contributed by atoms with van der Waals surface area (Å²) in [6.45, 7) is 0.182. The average molecular weight is 376 g/mol. The van der Waals surface area contributed by atoms with Crippen LogP contribution in [-0.4, -0.2) is 41.0 Å². The highest BCUT2D eigenvalue weighted by atomic mass is 16.5. The molecule has 0 bridgehead atoms. The van der Waals surface area contributed by atoms with Crippen LogP contribution in [0.5, 0.6) is 0 Å². The smallest absolute Gasteiger partial charge is 0.246 e. The normalized spacial score (nSPS) is 16.0. The number of carbonyl (C=O) groups is 2. The van der Waals surface area contributed by atoms with Gasteiger partial charge in [0.25, 0.3) is 0 Å². The molecule has 142 valence electrons. The van der Waals surface area contributed by atoms with Crippen molar-refractivity contribution in [2.75, 3.05) is 19.0 Å². The van der Waals surface area contributed by atoms with Crippen molar-refractivity contribution in [1.82, 2.24) is 15.0 Å². The average Bonchev–Trinajstić information content (AvgIpc) is 3.19. The van der Waals surface area contributed by atoms with Crippen molar-refractivity contribution in [1.29, 1.82) is 0 Å². The van der Waals surface area contributed by atoms with Gasteiger partial charge in [-0.2, -0.15) is 4.98 Å². The predicted molar refractivity (Wildman–Crippen MR) is 103 cm³/mol. The first kappa shape index (κ1) is 17.9. The second-order valence-corrected chi connectivity index (χ2v) is 6.84. The van der Waals surface area contributed by atoms with E-state index >= 15 is 0 Å². The van der Waals surface area contributed by atoms with Gasteiger partial charge in [-0.3, -0.25) is 9.59 Å². The van der Waals surface area contributed by atoms with Crippen molar-refractivity contribution in [3.8, 4) is 11.4 Å². The number of anilines is 1. The van der Waals surface area contributed by atoms with Gasteiger partial charge in [-0.05, 0) is 11.6 Å². The van der Waals surface area contributed by atoms with Gasteiger partial charge in [0.15, 0.2) is 0 Å². The summed E-state index contributed by atoms with van der Waals surface area (Å²) >= 11 is 0. The molecule has 1 atom stereocenters. The van der Waals surface area contributed by atoms with Gasteiger partial charge in [0, 0.05) is 31.8 Å². The number of amides is 2. The van der Waals surface area contributed by atoms with E-state index in [1.807, 2.05) is 54.6 Å². The minimum absolute atomic E-state index is 0.0744. The van der Waals surface area contributed by atoms with Gasteiger partial charge in [0.05, 0.1) is 12.5 Å². The summed E-state index contributed by atoms with van der Waals surface area (Å²) in [4.78, 5) is 32.9. The lowest BCUT2D eigenvalue weighted by atomic mass is 9.88. The van der Waals surface area contributed by atoms with Gasteiger partial charge in [0.2, 0.25) is 23.5 Å². The van der Waals surface area contributed by atoms with E-state index in [9.17, 15) is 9.59 Å². The summed E-state index contributed by atoms with van der Waals surface area (Å²) in [7, 11) is 3.41. The molecule has 3 aromatic rings. The van der Waals surface area contributed by atoms with Gasteiger partial charge >= 0.3 is 0 Å². The molecule has 7 heteroatoms. The maximum Gasteiger partial charge on any atom is 0.246 e. The Kier molecular flexibility index (Phi) is 4.65. The molecule has 0 aliphatic carbocycles. The van der Waals surface area contributed by atoms with Crippen LogP contribution in [-0.2, 0) is 16.1 Å². The molecule has 2 heterocycles. The maximum absolute atomic E-state index is 13.1. The lowest BCUT2D eigenvalue weighted by Gasteiger charge is -2.32. The minimum Gasteiger partial charge on any atom is -0.337 e. The Morgan fingerprint density at radius 3 is 2.68 bits per heavy atom. The van der Waals surface area contributed by atoms with E-state index in [1.165, 1.54) is 4.90 Å². The van der Waals surface area contributed by atoms with Crippen molar-refractivity contribution < 1.29 is 14.1 Å². The highest BCUT2D eigenvalue weighted by Gasteiger charge is 2.35. The van der Waals surface area contributed by atoms with Gasteiger partial charge in [-0.25, -0.2) is 0 Å². The molecular formula is C21H20N4O3. The fourth-order valence-corrected chi connectivity index (χ4v) is 3.43. The molecule has 4 rings (SSSR count). The zero-order chi connectivity index (χ0) is 19.7. The first-order valence-corrected chi connectivity index (χ1v) is 9.03. The van der Waals surface area contributed by atoms with Crippen LogP contribution in [0.15, 0.2) is 59.1 Å². The summed E-state index contributed by atoms with van der Waals surface area (Å²) in [6.07, 6.45) is 0.149. The Bertz CT molecular complexity index is 1020. The van der Waals surface area contributed by atoms with E-state index in [0.717, 1.165) is 16.8 Å². The SMILES string of the molecule is CN(Cc1nc(-c2ccccc2)no1)C(=O)[C@H]1CC(=O)N(C)c2ccccc21. The van der Waals surface area contributed by atoms with Gasteiger partial charge < -0.3 is 14.3 Å². The molecule has 0 N–H and O–H groups in total. The zero-order valence-corrected chi connectivity index (χ0v) is 15.7. The van der Waals surface area contributed by atoms with Crippen LogP contribution in [0.4, 0.5) is 5.69 Å². The van der Waals surface area contributed by atoms with Crippen LogP contribution in [0.25, 0.3) is 11.4 Å². The Hall–Kier alpha value is -3.48. The molecule has 1 aliphatic heterocycles. The molecule has 0 saturated carbocycles. The van der Waals surface area contributed by atoms with E-state index in [-0.39, 0.29) is 24.8 Å². The van der Waals surface area contributed by atoms with E-state index in [4.69, 9.17) is 4.52 Å². The monoisotopic (exact) mass is 376 g/mol. The largest absolute Gasteiger partial charge is 0.337 e. The minimum atomic E-state index is -0.513. The zero-order valence-electron chi connectivity index (χ0n) is 15.7. The van der Waals surface area contributed by atoms with Crippen LogP contribution in [0.2, 0.25) is 0 Å². The van der Waals surface area contributed by atoms with Gasteiger partial charge in [-0.15, -0.1) is 0 Å². The van der Waals surface area contributed by atoms with Crippen molar-refractivity contribution in [2.24, 2.45) is 0 Å². The molecule has 0 radical (unpaired) electrons. The number of hydrogen-bond donors (Lipinski definition) is 0. The molecule has 0 unspecified atom stereocenters. The first-order valence-electron chi connectivity index (χ1n) is 9.03. The molecule has 2 amide bonds. The highest BCUT2D eigenvalue weighted by Crippen LogP contribution is 2.36. The van der Waals surface area contributed by atoms with Crippen LogP contribution in [0.1, 0.15) is 23.8 Å². The van der Waals surface area contributed by atoms with Crippen LogP contribution in [0, 0.1) is 0 Å². The molecule has 7 nitrogen and oxygen atoms in total. The second kappa shape index (κ2) is 7.26. The lowest BCUT2D eigenvalue weighted by Crippen LogP contribution is -2.40. The van der Waals surface area contributed by atoms with Crippen molar-refractivity contribution >= 4 is 17.5 Å². The Labute approximate surface area is 162 Å². The summed E-state index contributed by atoms with van der Waals surface area (Å²) in [6, 6.07) is 17.0. The van der Waals surface area contributed by atoms with Crippen LogP contribution < -0.4 is 4.90 Å². The van der Waals surface area contributed by atoms with E-state index in [1.54, 1.807) is 19.0 Å². The number of rotatable bonds is 4. The van der Waals surface area contributed by atoms with Gasteiger partial charge in [-0.1, -0.05) is 53.7 Å². The summed E-state index contributed by atoms with van der Waals surface area (Å²) < 4.78 is 5.30. The standard InChI is InChI=1S/C21H20N4O3/c1-24(13-18-22-20(23-28-18)14-8-4-3-5-9-14)21(27)16-12-19(26)25(2)17-11-7-6-10-15(16)17/h3-11,16H,12-13H2,1-2H3/t16-/m0/s1. The van der Waals surface area contributed by atoms with E-state index in [0.29, 0.717) is 11.7 Å². The number of aromatic nitrogens is 2. The molecule has 1 aromatic heterocycles. The number of nitrogens with zero attached hydrogens (tertiary/aromatic N) is 4. The molecule has 0 saturated heterocycles. The lowest BCUT2D eigenvalue weighted by molar-refractivity contribution is -0.134. The van der Waals surface area contributed by atoms with Gasteiger partial charge in [0.1, 0.15) is 0 Å². The number of likely N-dealkylation sites (N-methyl/N-ethyl adjacent to an activating group) is 1. The summed E-state index contributed by atoms with van der Waals surface area (Å²) in [5, 5.41) is 3.98. The molecular weight excluding hydrogens is 356 g/mol. The summed E-state index contributed by atoms with van der Waals surface area (Å²) in [5.74, 6) is 0.0999. The number of benzene rings is 2. The fraction of sp³-hybridized carbons (Fsp3) is 0.238. The molecule has 0 spiro atoms. The van der Waals surface area contributed by atoms with E-state index in [2.05, 4.69) is 10.1 Å². The topological polar surface area (TPSA) is 79.5 Å². The third-order valence-electron chi connectivity index (χ3n) is 4.97. The fourth-order valence-electron chi connectivity index (χ4n) is 3.43. The van der Waals surface area contributed by atoms with Crippen molar-refractivity contribution in [2.45, 2.75) is 18.9 Å². The number of carbonyl (C=O) groups excluding carboxylic acids is 2. The number of para-hydroxylation sites is 1. The predicted octanol–water partition coefficient (Wildman–Crippen LogP) is 2.85. The number of fused-ring (bicyclic) bond motifs is 1. The first-order chi connectivity index (χ1) is 13.5. The highest BCUT2D eigenvalue weighted by molar-refractivity contribution is 6.02. The van der Waals surface area contributed by atoms with Crippen LogP contribution in [0.3, 0.4) is 0 Å². The molecule has 1 aliphatic rings.